The number of ether oxygens (including phenoxy) is 1. The van der Waals surface area contributed by atoms with Crippen molar-refractivity contribution in [2.45, 2.75) is 23.8 Å². The number of thioether (sulfide) groups is 1. The van der Waals surface area contributed by atoms with Crippen molar-refractivity contribution in [1.82, 2.24) is 0 Å². The molecule has 0 unspecified atom stereocenters. The fraction of sp³-hybridized carbons (Fsp3) is 0.235. The van der Waals surface area contributed by atoms with E-state index < -0.39 is 0 Å². The van der Waals surface area contributed by atoms with Gasteiger partial charge in [0.05, 0.1) is 6.10 Å². The normalized spacial score (nSPS) is 14.1. The lowest BCUT2D eigenvalue weighted by Crippen LogP contribution is -2.01. The van der Waals surface area contributed by atoms with Crippen molar-refractivity contribution in [2.75, 3.05) is 6.26 Å². The number of carbonyl (C=O) groups excluding carboxylic acids is 1. The van der Waals surface area contributed by atoms with Crippen LogP contribution in [0.4, 0.5) is 0 Å². The molecule has 3 heteroatoms. The molecular weight excluding hydrogens is 268 g/mol. The van der Waals surface area contributed by atoms with Crippen molar-refractivity contribution in [3.63, 3.8) is 0 Å². The lowest BCUT2D eigenvalue weighted by Gasteiger charge is -2.06. The van der Waals surface area contributed by atoms with Gasteiger partial charge >= 0.3 is 0 Å². The van der Waals surface area contributed by atoms with Crippen molar-refractivity contribution in [3.05, 3.63) is 59.7 Å². The van der Waals surface area contributed by atoms with Crippen molar-refractivity contribution in [1.29, 1.82) is 0 Å². The monoisotopic (exact) mass is 284 g/mol. The summed E-state index contributed by atoms with van der Waals surface area (Å²) in [6.45, 7) is 0. The fourth-order valence-electron chi connectivity index (χ4n) is 1.97. The second-order valence-electron chi connectivity index (χ2n) is 4.90. The van der Waals surface area contributed by atoms with Gasteiger partial charge in [-0.15, -0.1) is 11.8 Å². The number of carbonyl (C=O) groups is 1. The first-order chi connectivity index (χ1) is 9.76. The van der Waals surface area contributed by atoms with Crippen molar-refractivity contribution >= 4 is 17.5 Å². The van der Waals surface area contributed by atoms with Gasteiger partial charge in [0.25, 0.3) is 0 Å². The third-order valence-electron chi connectivity index (χ3n) is 3.30. The Balaban J connectivity index is 1.74. The van der Waals surface area contributed by atoms with E-state index in [1.165, 1.54) is 0 Å². The Labute approximate surface area is 123 Å². The molecule has 0 saturated heterocycles. The molecule has 1 aliphatic rings. The van der Waals surface area contributed by atoms with Crippen LogP contribution in [0.2, 0.25) is 0 Å². The maximum Gasteiger partial charge on any atom is 0.193 e. The molecule has 2 aromatic rings. The van der Waals surface area contributed by atoms with E-state index in [4.69, 9.17) is 4.74 Å². The standard InChI is InChI=1S/C17H16O2S/c1-20-16-10-4-13(5-11-16)17(18)12-2-6-14(7-3-12)19-15-8-9-15/h2-7,10-11,15H,8-9H2,1H3. The van der Waals surface area contributed by atoms with Crippen LogP contribution in [0.3, 0.4) is 0 Å². The van der Waals surface area contributed by atoms with Gasteiger partial charge in [0.2, 0.25) is 0 Å². The van der Waals surface area contributed by atoms with Crippen molar-refractivity contribution in [2.24, 2.45) is 0 Å². The molecule has 0 aliphatic heterocycles. The Morgan fingerprint density at radius 3 is 2.05 bits per heavy atom. The molecule has 0 bridgehead atoms. The van der Waals surface area contributed by atoms with E-state index in [1.807, 2.05) is 54.8 Å². The van der Waals surface area contributed by atoms with Crippen molar-refractivity contribution < 1.29 is 9.53 Å². The van der Waals surface area contributed by atoms with Gasteiger partial charge in [-0.2, -0.15) is 0 Å². The number of rotatable bonds is 5. The van der Waals surface area contributed by atoms with Gasteiger partial charge < -0.3 is 4.74 Å². The smallest absolute Gasteiger partial charge is 0.193 e. The van der Waals surface area contributed by atoms with Gasteiger partial charge in [-0.1, -0.05) is 0 Å². The summed E-state index contributed by atoms with van der Waals surface area (Å²) in [5.74, 6) is 0.900. The van der Waals surface area contributed by atoms with Gasteiger partial charge in [-0.3, -0.25) is 4.79 Å². The number of ketones is 1. The zero-order valence-electron chi connectivity index (χ0n) is 11.3. The highest BCUT2D eigenvalue weighted by molar-refractivity contribution is 7.98. The largest absolute Gasteiger partial charge is 0.490 e. The highest BCUT2D eigenvalue weighted by Gasteiger charge is 2.23. The maximum absolute atomic E-state index is 12.3. The van der Waals surface area contributed by atoms with Crippen molar-refractivity contribution in [3.8, 4) is 5.75 Å². The summed E-state index contributed by atoms with van der Waals surface area (Å²) in [5.41, 5.74) is 1.42. The van der Waals surface area contributed by atoms with Crippen LogP contribution < -0.4 is 4.74 Å². The minimum Gasteiger partial charge on any atom is -0.490 e. The SMILES string of the molecule is CSc1ccc(C(=O)c2ccc(OC3CC3)cc2)cc1. The van der Waals surface area contributed by atoms with E-state index in [1.54, 1.807) is 11.8 Å². The average molecular weight is 284 g/mol. The first-order valence-electron chi connectivity index (χ1n) is 6.72. The predicted octanol–water partition coefficient (Wildman–Crippen LogP) is 4.18. The molecule has 1 saturated carbocycles. The van der Waals surface area contributed by atoms with Gasteiger partial charge in [-0.05, 0) is 67.6 Å². The van der Waals surface area contributed by atoms with E-state index in [9.17, 15) is 4.79 Å². The summed E-state index contributed by atoms with van der Waals surface area (Å²) in [6.07, 6.45) is 4.69. The van der Waals surface area contributed by atoms with Crippen LogP contribution in [-0.4, -0.2) is 18.1 Å². The van der Waals surface area contributed by atoms with Gasteiger partial charge in [-0.25, -0.2) is 0 Å². The third-order valence-corrected chi connectivity index (χ3v) is 4.04. The highest BCUT2D eigenvalue weighted by atomic mass is 32.2. The molecule has 0 aromatic heterocycles. The zero-order valence-corrected chi connectivity index (χ0v) is 12.2. The van der Waals surface area contributed by atoms with E-state index in [2.05, 4.69) is 0 Å². The Morgan fingerprint density at radius 2 is 1.55 bits per heavy atom. The van der Waals surface area contributed by atoms with E-state index in [-0.39, 0.29) is 5.78 Å². The Morgan fingerprint density at radius 1 is 1.00 bits per heavy atom. The summed E-state index contributed by atoms with van der Waals surface area (Å²) in [4.78, 5) is 13.5. The second kappa shape index (κ2) is 5.71. The topological polar surface area (TPSA) is 26.3 Å². The number of hydrogen-bond donors (Lipinski definition) is 0. The molecule has 3 rings (SSSR count). The molecule has 1 fully saturated rings. The van der Waals surface area contributed by atoms with Crippen LogP contribution in [0.5, 0.6) is 5.75 Å². The van der Waals surface area contributed by atoms with Crippen LogP contribution in [0.1, 0.15) is 28.8 Å². The molecule has 1 aliphatic carbocycles. The van der Waals surface area contributed by atoms with Crippen LogP contribution in [0.15, 0.2) is 53.4 Å². The zero-order chi connectivity index (χ0) is 13.9. The van der Waals surface area contributed by atoms with Gasteiger partial charge in [0.15, 0.2) is 5.78 Å². The molecule has 2 aromatic carbocycles. The molecule has 0 atom stereocenters. The third kappa shape index (κ3) is 3.05. The Hall–Kier alpha value is -1.74. The fourth-order valence-corrected chi connectivity index (χ4v) is 2.38. The first-order valence-corrected chi connectivity index (χ1v) is 7.94. The quantitative estimate of drug-likeness (QED) is 0.608. The summed E-state index contributed by atoms with van der Waals surface area (Å²) in [5, 5.41) is 0. The molecular formula is C17H16O2S. The molecule has 0 radical (unpaired) electrons. The minimum atomic E-state index is 0.0515. The Kier molecular flexibility index (Phi) is 3.79. The molecule has 0 spiro atoms. The summed E-state index contributed by atoms with van der Waals surface area (Å²) in [7, 11) is 0. The molecule has 20 heavy (non-hydrogen) atoms. The molecule has 2 nitrogen and oxygen atoms in total. The lowest BCUT2D eigenvalue weighted by atomic mass is 10.0. The molecule has 0 N–H and O–H groups in total. The van der Waals surface area contributed by atoms with Crippen LogP contribution in [-0.2, 0) is 0 Å². The predicted molar refractivity (Wildman–Crippen MR) is 81.7 cm³/mol. The van der Waals surface area contributed by atoms with Crippen LogP contribution >= 0.6 is 11.8 Å². The van der Waals surface area contributed by atoms with E-state index >= 15 is 0 Å². The molecule has 0 amide bonds. The van der Waals surface area contributed by atoms with E-state index in [0.717, 1.165) is 29.1 Å². The van der Waals surface area contributed by atoms with Gasteiger partial charge in [0.1, 0.15) is 5.75 Å². The summed E-state index contributed by atoms with van der Waals surface area (Å²) in [6, 6.07) is 15.1. The summed E-state index contributed by atoms with van der Waals surface area (Å²) < 4.78 is 5.68. The number of hydrogen-bond acceptors (Lipinski definition) is 3. The van der Waals surface area contributed by atoms with Gasteiger partial charge in [0, 0.05) is 16.0 Å². The first kappa shape index (κ1) is 13.3. The van der Waals surface area contributed by atoms with Crippen LogP contribution in [0.25, 0.3) is 0 Å². The lowest BCUT2D eigenvalue weighted by molar-refractivity contribution is 0.103. The van der Waals surface area contributed by atoms with E-state index in [0.29, 0.717) is 11.7 Å². The molecule has 0 heterocycles. The molecule has 102 valence electrons. The minimum absolute atomic E-state index is 0.0515. The number of benzene rings is 2. The maximum atomic E-state index is 12.3. The summed E-state index contributed by atoms with van der Waals surface area (Å²) >= 11 is 1.67. The second-order valence-corrected chi connectivity index (χ2v) is 5.78. The Bertz CT molecular complexity index is 598. The van der Waals surface area contributed by atoms with Crippen LogP contribution in [0, 0.1) is 0 Å². The average Bonchev–Trinajstić information content (AvgIpc) is 3.31. The highest BCUT2D eigenvalue weighted by Crippen LogP contribution is 2.27.